The molecule has 0 radical (unpaired) electrons. The number of hydrogen-bond acceptors (Lipinski definition) is 6. The van der Waals surface area contributed by atoms with E-state index in [9.17, 15) is 9.59 Å². The summed E-state index contributed by atoms with van der Waals surface area (Å²) in [5.41, 5.74) is 0.915. The van der Waals surface area contributed by atoms with Crippen molar-refractivity contribution < 1.29 is 19.1 Å². The van der Waals surface area contributed by atoms with Crippen molar-refractivity contribution in [2.45, 2.75) is 25.7 Å². The highest BCUT2D eigenvalue weighted by Crippen LogP contribution is 2.33. The summed E-state index contributed by atoms with van der Waals surface area (Å²) in [5.74, 6) is 0.361. The van der Waals surface area contributed by atoms with Gasteiger partial charge in [-0.1, -0.05) is 30.4 Å². The van der Waals surface area contributed by atoms with Crippen LogP contribution in [0, 0.1) is 0 Å². The average molecular weight is 402 g/mol. The van der Waals surface area contributed by atoms with Crippen LogP contribution < -0.4 is 0 Å². The van der Waals surface area contributed by atoms with Crippen molar-refractivity contribution in [2.75, 3.05) is 6.54 Å². The summed E-state index contributed by atoms with van der Waals surface area (Å²) in [6.07, 6.45) is 7.31. The zero-order valence-electron chi connectivity index (χ0n) is 14.5. The molecule has 1 N–H and O–H groups in total. The van der Waals surface area contributed by atoms with E-state index in [-0.39, 0.29) is 12.3 Å². The van der Waals surface area contributed by atoms with Gasteiger partial charge < -0.3 is 9.52 Å². The zero-order valence-corrected chi connectivity index (χ0v) is 16.1. The molecule has 3 heterocycles. The number of aliphatic carboxylic acids is 1. The number of thioether (sulfide) groups is 1. The number of aromatic nitrogens is 1. The number of hydrogen-bond donors (Lipinski definition) is 1. The Bertz CT molecular complexity index is 877. The van der Waals surface area contributed by atoms with E-state index in [4.69, 9.17) is 21.7 Å². The Balaban J connectivity index is 1.61. The van der Waals surface area contributed by atoms with Crippen molar-refractivity contribution in [2.24, 2.45) is 0 Å². The van der Waals surface area contributed by atoms with Crippen molar-refractivity contribution in [1.82, 2.24) is 9.88 Å². The molecule has 8 heteroatoms. The van der Waals surface area contributed by atoms with Gasteiger partial charge in [0.1, 0.15) is 15.8 Å². The van der Waals surface area contributed by atoms with Gasteiger partial charge >= 0.3 is 5.97 Å². The number of nitrogens with zero attached hydrogens (tertiary/aromatic N) is 2. The zero-order chi connectivity index (χ0) is 19.2. The lowest BCUT2D eigenvalue weighted by atomic mass is 10.2. The lowest BCUT2D eigenvalue weighted by molar-refractivity contribution is -0.137. The van der Waals surface area contributed by atoms with Gasteiger partial charge in [-0.05, 0) is 37.1 Å². The lowest BCUT2D eigenvalue weighted by Crippen LogP contribution is -2.29. The molecule has 0 aromatic carbocycles. The van der Waals surface area contributed by atoms with Crippen molar-refractivity contribution in [1.29, 1.82) is 0 Å². The van der Waals surface area contributed by atoms with Gasteiger partial charge in [0, 0.05) is 37.0 Å². The lowest BCUT2D eigenvalue weighted by Gasteiger charge is -2.13. The Hall–Kier alpha value is -2.45. The minimum absolute atomic E-state index is 0.134. The summed E-state index contributed by atoms with van der Waals surface area (Å²) in [4.78, 5) is 29.2. The number of carboxylic acids is 1. The Morgan fingerprint density at radius 2 is 2.00 bits per heavy atom. The molecule has 6 nitrogen and oxygen atoms in total. The highest BCUT2D eigenvalue weighted by Gasteiger charge is 2.31. The maximum Gasteiger partial charge on any atom is 0.303 e. The maximum absolute atomic E-state index is 12.6. The fraction of sp³-hybridized carbons (Fsp3) is 0.263. The van der Waals surface area contributed by atoms with Gasteiger partial charge in [0.15, 0.2) is 0 Å². The number of pyridine rings is 1. The first kappa shape index (κ1) is 19.3. The van der Waals surface area contributed by atoms with E-state index < -0.39 is 5.97 Å². The number of carboxylic acid groups (broad SMARTS) is 1. The van der Waals surface area contributed by atoms with Crippen LogP contribution in [0.2, 0.25) is 0 Å². The second-order valence-electron chi connectivity index (χ2n) is 5.98. The number of unbranched alkanes of at least 4 members (excludes halogenated alkanes) is 2. The van der Waals surface area contributed by atoms with Gasteiger partial charge in [0.25, 0.3) is 5.91 Å². The molecule has 1 amide bonds. The summed E-state index contributed by atoms with van der Waals surface area (Å²) in [7, 11) is 0. The van der Waals surface area contributed by atoms with Crippen LogP contribution in [0.25, 0.3) is 17.4 Å². The highest BCUT2D eigenvalue weighted by atomic mass is 32.2. The molecule has 2 aromatic rings. The molecular formula is C19H18N2O4S2. The molecule has 140 valence electrons. The van der Waals surface area contributed by atoms with Crippen LogP contribution in [0.4, 0.5) is 0 Å². The molecule has 1 aliphatic rings. The van der Waals surface area contributed by atoms with Crippen LogP contribution in [0.15, 0.2) is 46.0 Å². The molecule has 3 rings (SSSR count). The van der Waals surface area contributed by atoms with Crippen molar-refractivity contribution in [3.8, 4) is 11.3 Å². The van der Waals surface area contributed by atoms with Gasteiger partial charge in [-0.2, -0.15) is 0 Å². The molecule has 0 aliphatic carbocycles. The van der Waals surface area contributed by atoms with Gasteiger partial charge in [-0.3, -0.25) is 19.5 Å². The second kappa shape index (κ2) is 8.96. The van der Waals surface area contributed by atoms with Gasteiger partial charge in [-0.15, -0.1) is 0 Å². The van der Waals surface area contributed by atoms with Gasteiger partial charge in [0.2, 0.25) is 0 Å². The monoisotopic (exact) mass is 402 g/mol. The predicted molar refractivity (Wildman–Crippen MR) is 108 cm³/mol. The molecular weight excluding hydrogens is 384 g/mol. The molecule has 1 fully saturated rings. The normalized spacial score (nSPS) is 15.7. The van der Waals surface area contributed by atoms with Crippen molar-refractivity contribution in [3.05, 3.63) is 47.3 Å². The average Bonchev–Trinajstić information content (AvgIpc) is 3.22. The van der Waals surface area contributed by atoms with E-state index in [1.165, 1.54) is 11.8 Å². The summed E-state index contributed by atoms with van der Waals surface area (Å²) < 4.78 is 6.32. The van der Waals surface area contributed by atoms with Crippen molar-refractivity contribution >= 4 is 46.3 Å². The van der Waals surface area contributed by atoms with E-state index in [1.807, 2.05) is 24.3 Å². The fourth-order valence-corrected chi connectivity index (χ4v) is 3.94. The minimum atomic E-state index is -0.798. The highest BCUT2D eigenvalue weighted by molar-refractivity contribution is 8.26. The van der Waals surface area contributed by atoms with Crippen LogP contribution >= 0.6 is 24.0 Å². The van der Waals surface area contributed by atoms with E-state index in [2.05, 4.69) is 4.98 Å². The van der Waals surface area contributed by atoms with Crippen molar-refractivity contribution in [3.63, 3.8) is 0 Å². The van der Waals surface area contributed by atoms with Gasteiger partial charge in [0.05, 0.1) is 4.91 Å². The second-order valence-corrected chi connectivity index (χ2v) is 7.65. The predicted octanol–water partition coefficient (Wildman–Crippen LogP) is 4.19. The van der Waals surface area contributed by atoms with E-state index in [1.54, 1.807) is 23.4 Å². The number of rotatable bonds is 8. The number of furan rings is 1. The first-order chi connectivity index (χ1) is 13.0. The Morgan fingerprint density at radius 1 is 1.22 bits per heavy atom. The SMILES string of the molecule is O=C(O)CCCCCN1C(=O)C(=Cc2ccc(-c3ccncc3)o2)SC1=S. The first-order valence-electron chi connectivity index (χ1n) is 8.52. The van der Waals surface area contributed by atoms with Crippen LogP contribution in [0.5, 0.6) is 0 Å². The third-order valence-corrected chi connectivity index (χ3v) is 5.39. The molecule has 1 saturated heterocycles. The fourth-order valence-electron chi connectivity index (χ4n) is 2.65. The largest absolute Gasteiger partial charge is 0.481 e. The quantitative estimate of drug-likeness (QED) is 0.403. The number of carbonyl (C=O) groups excluding carboxylic acids is 1. The molecule has 1 aliphatic heterocycles. The molecule has 0 atom stereocenters. The van der Waals surface area contributed by atoms with Crippen LogP contribution in [-0.2, 0) is 9.59 Å². The molecule has 0 unspecified atom stereocenters. The first-order valence-corrected chi connectivity index (χ1v) is 9.74. The molecule has 27 heavy (non-hydrogen) atoms. The summed E-state index contributed by atoms with van der Waals surface area (Å²) in [5, 5.41) is 8.65. The number of carbonyl (C=O) groups is 2. The van der Waals surface area contributed by atoms with Gasteiger partial charge in [-0.25, -0.2) is 0 Å². The van der Waals surface area contributed by atoms with Crippen LogP contribution in [0.1, 0.15) is 31.4 Å². The number of amides is 1. The third kappa shape index (κ3) is 5.05. The minimum Gasteiger partial charge on any atom is -0.481 e. The van der Waals surface area contributed by atoms with Crippen LogP contribution in [0.3, 0.4) is 0 Å². The summed E-state index contributed by atoms with van der Waals surface area (Å²) >= 11 is 6.56. The molecule has 0 spiro atoms. The van der Waals surface area contributed by atoms with E-state index >= 15 is 0 Å². The number of thiocarbonyl (C=S) groups is 1. The van der Waals surface area contributed by atoms with Crippen LogP contribution in [-0.4, -0.2) is 37.7 Å². The van der Waals surface area contributed by atoms with E-state index in [0.717, 1.165) is 18.4 Å². The summed E-state index contributed by atoms with van der Waals surface area (Å²) in [6, 6.07) is 7.37. The maximum atomic E-state index is 12.6. The molecule has 2 aromatic heterocycles. The smallest absolute Gasteiger partial charge is 0.303 e. The Labute approximate surface area is 166 Å². The Morgan fingerprint density at radius 3 is 2.74 bits per heavy atom. The molecule has 0 saturated carbocycles. The third-order valence-electron chi connectivity index (χ3n) is 4.01. The standard InChI is InChI=1S/C19H18N2O4S2/c22-17(23)4-2-1-3-11-21-18(24)16(27-19(21)26)12-14-5-6-15(25-14)13-7-9-20-10-8-13/h5-10,12H,1-4,11H2,(H,22,23). The van der Waals surface area contributed by atoms with E-state index in [0.29, 0.717) is 33.7 Å². The Kier molecular flexibility index (Phi) is 6.41. The topological polar surface area (TPSA) is 83.6 Å². The summed E-state index contributed by atoms with van der Waals surface area (Å²) in [6.45, 7) is 0.502. The molecule has 0 bridgehead atoms.